The lowest BCUT2D eigenvalue weighted by Gasteiger charge is -2.00. The second-order valence-corrected chi connectivity index (χ2v) is 9.74. The molecule has 1 amide bonds. The van der Waals surface area contributed by atoms with Crippen molar-refractivity contribution in [1.82, 2.24) is 9.97 Å². The van der Waals surface area contributed by atoms with Crippen LogP contribution in [0.2, 0.25) is 0 Å². The molecule has 2 heterocycles. The minimum atomic E-state index is -0.377. The molecular formula is C22H18FN3O3S3. The summed E-state index contributed by atoms with van der Waals surface area (Å²) in [4.78, 5) is 33.5. The maximum atomic E-state index is 13.0. The Labute approximate surface area is 195 Å². The van der Waals surface area contributed by atoms with Gasteiger partial charge in [-0.05, 0) is 49.4 Å². The Morgan fingerprint density at radius 3 is 2.75 bits per heavy atom. The van der Waals surface area contributed by atoms with Crippen LogP contribution in [0.3, 0.4) is 0 Å². The van der Waals surface area contributed by atoms with E-state index in [-0.39, 0.29) is 29.7 Å². The average molecular weight is 488 g/mol. The number of anilines is 1. The number of halogens is 1. The highest BCUT2D eigenvalue weighted by atomic mass is 32.2. The maximum absolute atomic E-state index is 13.0. The van der Waals surface area contributed by atoms with Crippen molar-refractivity contribution in [2.75, 3.05) is 17.7 Å². The smallest absolute Gasteiger partial charge is 0.232 e. The topological polar surface area (TPSA) is 81.2 Å². The third kappa shape index (κ3) is 5.70. The van der Waals surface area contributed by atoms with Crippen LogP contribution in [-0.4, -0.2) is 34.0 Å². The molecule has 0 radical (unpaired) electrons. The molecule has 164 valence electrons. The number of nitrogens with zero attached hydrogens (tertiary/aromatic N) is 2. The molecule has 0 spiro atoms. The van der Waals surface area contributed by atoms with Crippen molar-refractivity contribution in [1.29, 1.82) is 0 Å². The first-order valence-corrected chi connectivity index (χ1v) is 12.4. The monoisotopic (exact) mass is 487 g/mol. The third-order valence-electron chi connectivity index (χ3n) is 4.28. The van der Waals surface area contributed by atoms with Gasteiger partial charge in [0.2, 0.25) is 5.91 Å². The highest BCUT2D eigenvalue weighted by Gasteiger charge is 2.13. The predicted molar refractivity (Wildman–Crippen MR) is 127 cm³/mol. The van der Waals surface area contributed by atoms with Crippen molar-refractivity contribution in [2.45, 2.75) is 17.7 Å². The molecule has 0 bridgehead atoms. The number of thioether (sulfide) groups is 1. The first-order valence-electron chi connectivity index (χ1n) is 9.69. The molecular weight excluding hydrogens is 469 g/mol. The third-order valence-corrected chi connectivity index (χ3v) is 7.29. The van der Waals surface area contributed by atoms with Gasteiger partial charge in [-0.25, -0.2) is 14.4 Å². The molecule has 1 N–H and O–H groups in total. The second kappa shape index (κ2) is 10.2. The number of fused-ring (bicyclic) bond motifs is 1. The number of hydrogen-bond donors (Lipinski definition) is 1. The molecule has 0 atom stereocenters. The SMILES string of the molecule is CCOc1ccc2nc(NC(=O)Cc3csc(SCC(=O)c4ccc(F)cc4)n3)sc2c1. The average Bonchev–Trinajstić information content (AvgIpc) is 3.38. The zero-order chi connectivity index (χ0) is 22.5. The van der Waals surface area contributed by atoms with E-state index in [1.54, 1.807) is 5.38 Å². The number of amides is 1. The summed E-state index contributed by atoms with van der Waals surface area (Å²) < 4.78 is 20.1. The van der Waals surface area contributed by atoms with Crippen molar-refractivity contribution in [3.8, 4) is 5.75 Å². The van der Waals surface area contributed by atoms with Gasteiger partial charge in [-0.15, -0.1) is 11.3 Å². The van der Waals surface area contributed by atoms with Crippen LogP contribution in [0.25, 0.3) is 10.2 Å². The van der Waals surface area contributed by atoms with Crippen molar-refractivity contribution in [3.63, 3.8) is 0 Å². The van der Waals surface area contributed by atoms with E-state index in [4.69, 9.17) is 4.74 Å². The van der Waals surface area contributed by atoms with Gasteiger partial charge in [0.05, 0.1) is 34.7 Å². The molecule has 32 heavy (non-hydrogen) atoms. The molecule has 10 heteroatoms. The van der Waals surface area contributed by atoms with Gasteiger partial charge >= 0.3 is 0 Å². The molecule has 4 aromatic rings. The zero-order valence-corrected chi connectivity index (χ0v) is 19.4. The van der Waals surface area contributed by atoms with Crippen LogP contribution in [0.1, 0.15) is 23.0 Å². The van der Waals surface area contributed by atoms with Crippen molar-refractivity contribution in [2.24, 2.45) is 0 Å². The number of nitrogens with one attached hydrogen (secondary N) is 1. The molecule has 0 saturated heterocycles. The fourth-order valence-corrected chi connectivity index (χ4v) is 5.47. The van der Waals surface area contributed by atoms with Gasteiger partial charge in [-0.1, -0.05) is 23.1 Å². The fraction of sp³-hybridized carbons (Fsp3) is 0.182. The van der Waals surface area contributed by atoms with E-state index in [2.05, 4.69) is 15.3 Å². The number of carbonyl (C=O) groups is 2. The lowest BCUT2D eigenvalue weighted by Crippen LogP contribution is -2.14. The van der Waals surface area contributed by atoms with Crippen molar-refractivity contribution >= 4 is 61.5 Å². The van der Waals surface area contributed by atoms with Gasteiger partial charge in [0.25, 0.3) is 0 Å². The highest BCUT2D eigenvalue weighted by molar-refractivity contribution is 8.01. The van der Waals surface area contributed by atoms with Crippen LogP contribution < -0.4 is 10.1 Å². The van der Waals surface area contributed by atoms with Gasteiger partial charge in [0.15, 0.2) is 15.3 Å². The first-order chi connectivity index (χ1) is 15.5. The summed E-state index contributed by atoms with van der Waals surface area (Å²) in [6.07, 6.45) is 0.114. The molecule has 0 aliphatic rings. The molecule has 4 rings (SSSR count). The molecule has 2 aromatic carbocycles. The number of rotatable bonds is 9. The number of hydrogen-bond acceptors (Lipinski definition) is 8. The standard InChI is InChI=1S/C22H18FN3O3S3/c1-2-29-16-7-8-17-19(10-16)32-21(25-17)26-20(28)9-15-11-30-22(24-15)31-12-18(27)13-3-5-14(23)6-4-13/h3-8,10-11H,2,9,12H2,1H3,(H,25,26,28). The van der Waals surface area contributed by atoms with Gasteiger partial charge < -0.3 is 10.1 Å². The van der Waals surface area contributed by atoms with Gasteiger partial charge in [0, 0.05) is 10.9 Å². The Balaban J connectivity index is 1.31. The number of ketones is 1. The quantitative estimate of drug-likeness (QED) is 0.250. The first kappa shape index (κ1) is 22.4. The molecule has 2 aromatic heterocycles. The summed E-state index contributed by atoms with van der Waals surface area (Å²) in [6.45, 7) is 2.51. The Kier molecular flexibility index (Phi) is 7.13. The summed E-state index contributed by atoms with van der Waals surface area (Å²) in [7, 11) is 0. The van der Waals surface area contributed by atoms with E-state index in [1.807, 2.05) is 25.1 Å². The fourth-order valence-electron chi connectivity index (χ4n) is 2.83. The molecule has 6 nitrogen and oxygen atoms in total. The molecule has 0 saturated carbocycles. The summed E-state index contributed by atoms with van der Waals surface area (Å²) in [5, 5.41) is 5.14. The lowest BCUT2D eigenvalue weighted by molar-refractivity contribution is -0.115. The lowest BCUT2D eigenvalue weighted by atomic mass is 10.1. The Morgan fingerprint density at radius 2 is 1.97 bits per heavy atom. The van der Waals surface area contributed by atoms with Crippen LogP contribution in [-0.2, 0) is 11.2 Å². The van der Waals surface area contributed by atoms with Crippen LogP contribution >= 0.6 is 34.4 Å². The largest absolute Gasteiger partial charge is 0.494 e. The number of Topliss-reactive ketones (excluding diaryl/α,β-unsaturated/α-hetero) is 1. The predicted octanol–water partition coefficient (Wildman–Crippen LogP) is 5.45. The van der Waals surface area contributed by atoms with Crippen molar-refractivity contribution in [3.05, 3.63) is 64.9 Å². The Morgan fingerprint density at radius 1 is 1.16 bits per heavy atom. The molecule has 0 aliphatic carbocycles. The summed E-state index contributed by atoms with van der Waals surface area (Å²) in [5.74, 6) is 0.275. The summed E-state index contributed by atoms with van der Waals surface area (Å²) in [6, 6.07) is 11.1. The second-order valence-electron chi connectivity index (χ2n) is 6.63. The zero-order valence-electron chi connectivity index (χ0n) is 17.0. The van der Waals surface area contributed by atoms with Crippen LogP contribution in [0.5, 0.6) is 5.75 Å². The van der Waals surface area contributed by atoms with E-state index < -0.39 is 0 Å². The van der Waals surface area contributed by atoms with E-state index in [0.29, 0.717) is 27.3 Å². The van der Waals surface area contributed by atoms with Crippen LogP contribution in [0.4, 0.5) is 9.52 Å². The number of aromatic nitrogens is 2. The van der Waals surface area contributed by atoms with Gasteiger partial charge in [-0.2, -0.15) is 0 Å². The molecule has 0 fully saturated rings. The minimum Gasteiger partial charge on any atom is -0.494 e. The van der Waals surface area contributed by atoms with Crippen molar-refractivity contribution < 1.29 is 18.7 Å². The Hall–Kier alpha value is -2.82. The molecule has 0 aliphatic heterocycles. The number of thiazole rings is 2. The van der Waals surface area contributed by atoms with E-state index in [1.165, 1.54) is 58.7 Å². The number of carbonyl (C=O) groups excluding carboxylic acids is 2. The van der Waals surface area contributed by atoms with E-state index >= 15 is 0 Å². The summed E-state index contributed by atoms with van der Waals surface area (Å²) >= 11 is 4.06. The van der Waals surface area contributed by atoms with Crippen LogP contribution in [0.15, 0.2) is 52.2 Å². The van der Waals surface area contributed by atoms with Crippen LogP contribution in [0, 0.1) is 5.82 Å². The highest BCUT2D eigenvalue weighted by Crippen LogP contribution is 2.29. The number of benzene rings is 2. The van der Waals surface area contributed by atoms with E-state index in [0.717, 1.165) is 16.0 Å². The number of ether oxygens (including phenoxy) is 1. The normalized spacial score (nSPS) is 10.9. The summed E-state index contributed by atoms with van der Waals surface area (Å²) in [5.41, 5.74) is 1.88. The van der Waals surface area contributed by atoms with E-state index in [9.17, 15) is 14.0 Å². The maximum Gasteiger partial charge on any atom is 0.232 e. The molecule has 0 unspecified atom stereocenters. The van der Waals surface area contributed by atoms with Gasteiger partial charge in [0.1, 0.15) is 11.6 Å². The minimum absolute atomic E-state index is 0.104. The van der Waals surface area contributed by atoms with Gasteiger partial charge in [-0.3, -0.25) is 9.59 Å². The Bertz CT molecular complexity index is 1250.